The van der Waals surface area contributed by atoms with Gasteiger partial charge in [0.2, 0.25) is 0 Å². The minimum Gasteiger partial charge on any atom is -0.491 e. The predicted molar refractivity (Wildman–Crippen MR) is 108 cm³/mol. The Morgan fingerprint density at radius 2 is 2.19 bits per heavy atom. The van der Waals surface area contributed by atoms with Crippen molar-refractivity contribution in [3.8, 4) is 5.75 Å². The van der Waals surface area contributed by atoms with Gasteiger partial charge >= 0.3 is 0 Å². The lowest BCUT2D eigenvalue weighted by atomic mass is 9.97. The highest BCUT2D eigenvalue weighted by Gasteiger charge is 2.20. The van der Waals surface area contributed by atoms with E-state index in [1.54, 1.807) is 17.7 Å². The minimum atomic E-state index is -0.776. The molecule has 1 aliphatic rings. The summed E-state index contributed by atoms with van der Waals surface area (Å²) in [6, 6.07) is 7.85. The van der Waals surface area contributed by atoms with Gasteiger partial charge in [-0.2, -0.15) is 0 Å². The van der Waals surface area contributed by atoms with Gasteiger partial charge < -0.3 is 9.84 Å². The largest absolute Gasteiger partial charge is 0.491 e. The maximum Gasteiger partial charge on any atom is 0.262 e. The maximum absolute atomic E-state index is 12.9. The minimum absolute atomic E-state index is 0.0496. The van der Waals surface area contributed by atoms with Crippen LogP contribution in [-0.4, -0.2) is 27.4 Å². The van der Waals surface area contributed by atoms with Crippen LogP contribution in [0, 0.1) is 0 Å². The Morgan fingerprint density at radius 3 is 3.04 bits per heavy atom. The molecule has 0 radical (unpaired) electrons. The summed E-state index contributed by atoms with van der Waals surface area (Å²) in [5, 5.41) is 11.1. The molecule has 0 unspecified atom stereocenters. The monoisotopic (exact) mass is 384 g/mol. The first kappa shape index (κ1) is 18.2. The summed E-state index contributed by atoms with van der Waals surface area (Å²) in [7, 11) is 0. The first-order valence-electron chi connectivity index (χ1n) is 9.55. The molecule has 0 amide bonds. The van der Waals surface area contributed by atoms with E-state index in [-0.39, 0.29) is 18.7 Å². The summed E-state index contributed by atoms with van der Waals surface area (Å²) in [5.41, 5.74) is 2.32. The smallest absolute Gasteiger partial charge is 0.262 e. The molecule has 1 atom stereocenters. The van der Waals surface area contributed by atoms with Gasteiger partial charge in [0, 0.05) is 4.88 Å². The van der Waals surface area contributed by atoms with E-state index >= 15 is 0 Å². The van der Waals surface area contributed by atoms with Gasteiger partial charge in [0.15, 0.2) is 0 Å². The topological polar surface area (TPSA) is 64.3 Å². The Bertz CT molecular complexity index is 1010. The van der Waals surface area contributed by atoms with Crippen molar-refractivity contribution in [2.45, 2.75) is 51.7 Å². The molecular formula is C21H24N2O3S. The molecule has 0 saturated carbocycles. The van der Waals surface area contributed by atoms with Crippen molar-refractivity contribution in [3.63, 3.8) is 0 Å². The Hall–Kier alpha value is -2.18. The number of ether oxygens (including phenoxy) is 1. The number of aliphatic hydroxyl groups excluding tert-OH is 1. The third-order valence-corrected chi connectivity index (χ3v) is 6.30. The molecule has 27 heavy (non-hydrogen) atoms. The van der Waals surface area contributed by atoms with E-state index in [1.165, 1.54) is 27.0 Å². The van der Waals surface area contributed by atoms with Gasteiger partial charge in [-0.15, -0.1) is 11.3 Å². The summed E-state index contributed by atoms with van der Waals surface area (Å²) < 4.78 is 7.22. The first-order chi connectivity index (χ1) is 13.2. The van der Waals surface area contributed by atoms with Crippen molar-refractivity contribution >= 4 is 21.6 Å². The Labute approximate surface area is 162 Å². The van der Waals surface area contributed by atoms with Crippen molar-refractivity contribution in [3.05, 3.63) is 57.0 Å². The Morgan fingerprint density at radius 1 is 1.33 bits per heavy atom. The van der Waals surface area contributed by atoms with Gasteiger partial charge in [-0.05, 0) is 55.4 Å². The number of rotatable bonds is 6. The predicted octanol–water partition coefficient (Wildman–Crippen LogP) is 3.34. The van der Waals surface area contributed by atoms with Crippen molar-refractivity contribution in [2.24, 2.45) is 0 Å². The molecule has 142 valence electrons. The van der Waals surface area contributed by atoms with Crippen LogP contribution in [0.5, 0.6) is 5.75 Å². The van der Waals surface area contributed by atoms with Gasteiger partial charge in [0.25, 0.3) is 5.56 Å². The highest BCUT2D eigenvalue weighted by molar-refractivity contribution is 7.18. The van der Waals surface area contributed by atoms with Crippen molar-refractivity contribution in [1.82, 2.24) is 9.55 Å². The number of hydrogen-bond acceptors (Lipinski definition) is 5. The molecule has 0 bridgehead atoms. The van der Waals surface area contributed by atoms with E-state index in [9.17, 15) is 9.90 Å². The van der Waals surface area contributed by atoms with Crippen LogP contribution in [-0.2, 0) is 25.8 Å². The Kier molecular flexibility index (Phi) is 5.27. The zero-order valence-corrected chi connectivity index (χ0v) is 16.3. The fourth-order valence-corrected chi connectivity index (χ4v) is 4.86. The number of aliphatic hydroxyl groups is 1. The van der Waals surface area contributed by atoms with Crippen LogP contribution in [0.4, 0.5) is 0 Å². The van der Waals surface area contributed by atoms with Gasteiger partial charge in [-0.1, -0.05) is 19.1 Å². The highest BCUT2D eigenvalue weighted by atomic mass is 32.1. The quantitative estimate of drug-likeness (QED) is 0.708. The Balaban J connectivity index is 1.49. The van der Waals surface area contributed by atoms with E-state index in [2.05, 4.69) is 11.9 Å². The molecule has 6 heteroatoms. The molecule has 5 nitrogen and oxygen atoms in total. The summed E-state index contributed by atoms with van der Waals surface area (Å²) in [4.78, 5) is 19.5. The SMILES string of the molecule is CCc1cccc(OC[C@H](O)Cn2cnc3sc4c(c3c2=O)CCCC4)c1. The van der Waals surface area contributed by atoms with E-state index < -0.39 is 6.10 Å². The van der Waals surface area contributed by atoms with E-state index in [1.807, 2.05) is 24.3 Å². The molecule has 1 aromatic carbocycles. The van der Waals surface area contributed by atoms with Crippen LogP contribution in [0.25, 0.3) is 10.2 Å². The van der Waals surface area contributed by atoms with E-state index in [0.717, 1.165) is 41.6 Å². The molecule has 2 aromatic heterocycles. The van der Waals surface area contributed by atoms with Crippen LogP contribution in [0.15, 0.2) is 35.4 Å². The molecule has 3 aromatic rings. The second kappa shape index (κ2) is 7.82. The zero-order chi connectivity index (χ0) is 18.8. The standard InChI is InChI=1S/C21H24N2O3S/c1-2-14-6-5-7-16(10-14)26-12-15(24)11-23-13-22-20-19(21(23)25)17-8-3-4-9-18(17)27-20/h5-7,10,13,15,24H,2-4,8-9,11-12H2,1H3/t15-/m1/s1. The third-order valence-electron chi connectivity index (χ3n) is 5.10. The molecule has 2 heterocycles. The number of hydrogen-bond donors (Lipinski definition) is 1. The number of fused-ring (bicyclic) bond motifs is 3. The second-order valence-electron chi connectivity index (χ2n) is 7.06. The number of benzene rings is 1. The van der Waals surface area contributed by atoms with Crippen LogP contribution >= 0.6 is 11.3 Å². The average molecular weight is 385 g/mol. The van der Waals surface area contributed by atoms with Crippen LogP contribution < -0.4 is 10.3 Å². The zero-order valence-electron chi connectivity index (χ0n) is 15.5. The normalized spacial score (nSPS) is 14.9. The fourth-order valence-electron chi connectivity index (χ4n) is 3.64. The molecule has 0 fully saturated rings. The molecule has 0 aliphatic heterocycles. The molecule has 0 saturated heterocycles. The highest BCUT2D eigenvalue weighted by Crippen LogP contribution is 2.33. The van der Waals surface area contributed by atoms with Gasteiger partial charge in [0.05, 0.1) is 18.3 Å². The summed E-state index contributed by atoms with van der Waals surface area (Å²) in [6.45, 7) is 2.41. The lowest BCUT2D eigenvalue weighted by Gasteiger charge is -2.14. The third kappa shape index (κ3) is 3.77. The van der Waals surface area contributed by atoms with Crippen LogP contribution in [0.1, 0.15) is 35.8 Å². The fraction of sp³-hybridized carbons (Fsp3) is 0.429. The number of thiophene rings is 1. The maximum atomic E-state index is 12.9. The summed E-state index contributed by atoms with van der Waals surface area (Å²) in [5.74, 6) is 0.737. The summed E-state index contributed by atoms with van der Waals surface area (Å²) in [6.07, 6.45) is 6.02. The molecule has 1 N–H and O–H groups in total. The van der Waals surface area contributed by atoms with E-state index in [4.69, 9.17) is 4.74 Å². The van der Waals surface area contributed by atoms with Crippen LogP contribution in [0.2, 0.25) is 0 Å². The number of nitrogens with zero attached hydrogens (tertiary/aromatic N) is 2. The van der Waals surface area contributed by atoms with Crippen molar-refractivity contribution < 1.29 is 9.84 Å². The molecule has 0 spiro atoms. The lowest BCUT2D eigenvalue weighted by Crippen LogP contribution is -2.30. The van der Waals surface area contributed by atoms with Crippen molar-refractivity contribution in [1.29, 1.82) is 0 Å². The van der Waals surface area contributed by atoms with E-state index in [0.29, 0.717) is 0 Å². The molecule has 4 rings (SSSR count). The molecular weight excluding hydrogens is 360 g/mol. The summed E-state index contributed by atoms with van der Waals surface area (Å²) >= 11 is 1.64. The number of aryl methyl sites for hydroxylation is 3. The van der Waals surface area contributed by atoms with Gasteiger partial charge in [0.1, 0.15) is 23.3 Å². The van der Waals surface area contributed by atoms with Gasteiger partial charge in [-0.25, -0.2) is 4.98 Å². The van der Waals surface area contributed by atoms with Crippen molar-refractivity contribution in [2.75, 3.05) is 6.61 Å². The van der Waals surface area contributed by atoms with Crippen LogP contribution in [0.3, 0.4) is 0 Å². The lowest BCUT2D eigenvalue weighted by molar-refractivity contribution is 0.0914. The average Bonchev–Trinajstić information content (AvgIpc) is 3.08. The first-order valence-corrected chi connectivity index (χ1v) is 10.4. The molecule has 1 aliphatic carbocycles. The van der Waals surface area contributed by atoms with Gasteiger partial charge in [-0.3, -0.25) is 9.36 Å². The number of aromatic nitrogens is 2. The second-order valence-corrected chi connectivity index (χ2v) is 8.14.